The molecule has 0 fully saturated rings. The number of unbranched alkanes of at least 4 members (excludes halogenated alkanes) is 15. The summed E-state index contributed by atoms with van der Waals surface area (Å²) in [7, 11) is 1.71. The molecule has 170 valence electrons. The largest absolute Gasteiger partial charge is 0.411 e. The first-order valence-corrected chi connectivity index (χ1v) is 15.1. The lowest BCUT2D eigenvalue weighted by Gasteiger charge is -2.30. The molecule has 0 aromatic rings. The van der Waals surface area contributed by atoms with E-state index >= 15 is 0 Å². The Morgan fingerprint density at radius 1 is 0.536 bits per heavy atom. The van der Waals surface area contributed by atoms with E-state index in [1.54, 1.807) is 6.55 Å². The van der Waals surface area contributed by atoms with Gasteiger partial charge in [-0.2, -0.15) is 0 Å². The monoisotopic (exact) mass is 416 g/mol. The van der Waals surface area contributed by atoms with Crippen LogP contribution in [-0.4, -0.2) is 49.8 Å². The molecule has 0 atom stereocenters. The summed E-state index contributed by atoms with van der Waals surface area (Å²) in [4.78, 5) is 19.1. The van der Waals surface area contributed by atoms with Crippen molar-refractivity contribution in [2.45, 2.75) is 129 Å². The van der Waals surface area contributed by atoms with Crippen LogP contribution in [0.1, 0.15) is 116 Å². The molecule has 0 aliphatic rings. The third-order valence-electron chi connectivity index (χ3n) is 6.03. The zero-order valence-electron chi connectivity index (χ0n) is 20.0. The van der Waals surface area contributed by atoms with Crippen LogP contribution in [-0.2, 0) is 0 Å². The highest BCUT2D eigenvalue weighted by molar-refractivity contribution is 6.63. The van der Waals surface area contributed by atoms with Gasteiger partial charge in [-0.15, -0.1) is 0 Å². The Morgan fingerprint density at radius 2 is 0.857 bits per heavy atom. The molecule has 0 heterocycles. The van der Waals surface area contributed by atoms with Crippen molar-refractivity contribution in [1.29, 1.82) is 0 Å². The van der Waals surface area contributed by atoms with Gasteiger partial charge in [0.1, 0.15) is 0 Å². The highest BCUT2D eigenvalue weighted by Crippen LogP contribution is 2.15. The normalized spacial score (nSPS) is 12.6. The molecule has 28 heavy (non-hydrogen) atoms. The van der Waals surface area contributed by atoms with Crippen LogP contribution in [0.3, 0.4) is 0 Å². The molecule has 3 nitrogen and oxygen atoms in total. The summed E-state index contributed by atoms with van der Waals surface area (Å²) in [5.41, 5.74) is 0. The van der Waals surface area contributed by atoms with Gasteiger partial charge in [-0.25, -0.2) is 0 Å². The van der Waals surface area contributed by atoms with E-state index in [0.717, 1.165) is 17.4 Å². The predicted octanol–water partition coefficient (Wildman–Crippen LogP) is 6.77. The Kier molecular flexibility index (Phi) is 18.0. The van der Waals surface area contributed by atoms with Gasteiger partial charge >= 0.3 is 8.56 Å². The minimum absolute atomic E-state index is 0.605. The fourth-order valence-corrected chi connectivity index (χ4v) is 4.87. The molecule has 0 aromatic carbocycles. The predicted molar refractivity (Wildman–Crippen MR) is 127 cm³/mol. The van der Waals surface area contributed by atoms with Crippen LogP contribution >= 0.6 is 0 Å². The van der Waals surface area contributed by atoms with Crippen LogP contribution in [0.25, 0.3) is 0 Å². The maximum atomic E-state index is 9.53. The van der Waals surface area contributed by atoms with Gasteiger partial charge in [0.05, 0.1) is 27.2 Å². The van der Waals surface area contributed by atoms with Crippen LogP contribution in [0.15, 0.2) is 0 Å². The number of hydrogen-bond donors (Lipinski definition) is 2. The Morgan fingerprint density at radius 3 is 1.21 bits per heavy atom. The van der Waals surface area contributed by atoms with E-state index in [-0.39, 0.29) is 0 Å². The van der Waals surface area contributed by atoms with Gasteiger partial charge in [-0.3, -0.25) is 0 Å². The summed E-state index contributed by atoms with van der Waals surface area (Å²) >= 11 is 0. The highest BCUT2D eigenvalue weighted by Gasteiger charge is 2.23. The van der Waals surface area contributed by atoms with E-state index < -0.39 is 8.56 Å². The zero-order chi connectivity index (χ0) is 21.1. The molecule has 0 rings (SSSR count). The molecule has 2 N–H and O–H groups in total. The second-order valence-corrected chi connectivity index (χ2v) is 12.9. The van der Waals surface area contributed by atoms with Crippen LogP contribution in [0.5, 0.6) is 0 Å². The summed E-state index contributed by atoms with van der Waals surface area (Å²) in [6.07, 6.45) is 23.6. The maximum absolute atomic E-state index is 9.53. The molecule has 0 saturated carbocycles. The highest BCUT2D eigenvalue weighted by atomic mass is 28.4. The van der Waals surface area contributed by atoms with E-state index in [2.05, 4.69) is 21.0 Å². The molecule has 0 amide bonds. The van der Waals surface area contributed by atoms with E-state index in [1.165, 1.54) is 109 Å². The molecular weight excluding hydrogens is 362 g/mol. The third kappa shape index (κ3) is 22.4. The van der Waals surface area contributed by atoms with Crippen LogP contribution in [0, 0.1) is 0 Å². The average molecular weight is 417 g/mol. The zero-order valence-corrected chi connectivity index (χ0v) is 21.0. The molecule has 0 spiro atoms. The summed E-state index contributed by atoms with van der Waals surface area (Å²) in [5, 5.41) is 0. The first-order chi connectivity index (χ1) is 13.3. The fraction of sp³-hybridized carbons (Fsp3) is 1.00. The molecule has 0 unspecified atom stereocenters. The van der Waals surface area contributed by atoms with Gasteiger partial charge in [0.15, 0.2) is 0 Å². The van der Waals surface area contributed by atoms with Crippen LogP contribution < -0.4 is 0 Å². The number of rotatable bonds is 21. The first-order valence-electron chi connectivity index (χ1n) is 12.5. The van der Waals surface area contributed by atoms with Crippen molar-refractivity contribution >= 4 is 8.56 Å². The van der Waals surface area contributed by atoms with Gasteiger partial charge in [0.2, 0.25) is 0 Å². The molecule has 0 aromatic heterocycles. The standard InChI is InChI=1S/C24H54NO2Si/c1-5-6-7-8-9-10-11-12-13-14-15-16-17-18-19-20-22-25(2,3)23-21-24-28(4,26)27/h26-27H,5-24H2,1-4H3/q+1. The fourth-order valence-electron chi connectivity index (χ4n) is 4.04. The number of nitrogens with zero attached hydrogens (tertiary/aromatic N) is 1. The van der Waals surface area contributed by atoms with E-state index in [1.807, 2.05) is 0 Å². The summed E-state index contributed by atoms with van der Waals surface area (Å²) in [6, 6.07) is 0.605. The molecule has 0 saturated heterocycles. The summed E-state index contributed by atoms with van der Waals surface area (Å²) in [5.74, 6) is 0. The van der Waals surface area contributed by atoms with E-state index in [0.29, 0.717) is 6.04 Å². The maximum Gasteiger partial charge on any atom is 0.329 e. The number of hydrogen-bond acceptors (Lipinski definition) is 2. The lowest BCUT2D eigenvalue weighted by molar-refractivity contribution is -0.890. The smallest absolute Gasteiger partial charge is 0.329 e. The van der Waals surface area contributed by atoms with Crippen molar-refractivity contribution in [3.63, 3.8) is 0 Å². The lowest BCUT2D eigenvalue weighted by Crippen LogP contribution is -2.42. The Balaban J connectivity index is 3.28. The average Bonchev–Trinajstić information content (AvgIpc) is 2.60. The van der Waals surface area contributed by atoms with Gasteiger partial charge in [-0.05, 0) is 31.9 Å². The summed E-state index contributed by atoms with van der Waals surface area (Å²) in [6.45, 7) is 6.18. The topological polar surface area (TPSA) is 40.5 Å². The van der Waals surface area contributed by atoms with Crippen molar-refractivity contribution in [2.75, 3.05) is 27.2 Å². The number of quaternary nitrogens is 1. The second-order valence-electron chi connectivity index (χ2n) is 10.0. The van der Waals surface area contributed by atoms with Crippen LogP contribution in [0.4, 0.5) is 0 Å². The molecule has 4 heteroatoms. The van der Waals surface area contributed by atoms with E-state index in [9.17, 15) is 9.59 Å². The quantitative estimate of drug-likeness (QED) is 0.123. The molecule has 0 aliphatic heterocycles. The molecule has 0 bridgehead atoms. The Labute approximate surface area is 178 Å². The lowest BCUT2D eigenvalue weighted by atomic mass is 10.0. The van der Waals surface area contributed by atoms with Crippen molar-refractivity contribution in [3.8, 4) is 0 Å². The van der Waals surface area contributed by atoms with Crippen molar-refractivity contribution in [1.82, 2.24) is 0 Å². The molecule has 0 radical (unpaired) electrons. The first kappa shape index (κ1) is 28.1. The van der Waals surface area contributed by atoms with Gasteiger partial charge < -0.3 is 14.1 Å². The molecular formula is C24H54NO2Si+. The minimum atomic E-state index is -2.84. The second kappa shape index (κ2) is 17.9. The van der Waals surface area contributed by atoms with Gasteiger partial charge in [-0.1, -0.05) is 96.8 Å². The third-order valence-corrected chi connectivity index (χ3v) is 7.33. The summed E-state index contributed by atoms with van der Waals surface area (Å²) < 4.78 is 1.02. The minimum Gasteiger partial charge on any atom is -0.411 e. The van der Waals surface area contributed by atoms with Gasteiger partial charge in [0, 0.05) is 0 Å². The Hall–Kier alpha value is 0.0969. The SMILES string of the molecule is CCCCCCCCCCCCCCCCCC[N+](C)(C)CCC[Si](C)(O)O. The van der Waals surface area contributed by atoms with Gasteiger partial charge in [0.25, 0.3) is 0 Å². The van der Waals surface area contributed by atoms with Crippen LogP contribution in [0.2, 0.25) is 12.6 Å². The molecule has 0 aliphatic carbocycles. The Bertz CT molecular complexity index is 329. The van der Waals surface area contributed by atoms with Crippen molar-refractivity contribution in [3.05, 3.63) is 0 Å². The van der Waals surface area contributed by atoms with E-state index in [4.69, 9.17) is 0 Å². The van der Waals surface area contributed by atoms with Crippen molar-refractivity contribution in [2.24, 2.45) is 0 Å². The van der Waals surface area contributed by atoms with Crippen molar-refractivity contribution < 1.29 is 14.1 Å².